The number of carboxylic acids is 1. The molecule has 1 heterocycles. The molecule has 0 saturated heterocycles. The van der Waals surface area contributed by atoms with Crippen molar-refractivity contribution < 1.29 is 14.6 Å². The third-order valence-electron chi connectivity index (χ3n) is 3.60. The topological polar surface area (TPSA) is 59.4 Å². The minimum atomic E-state index is -1.01. The maximum Gasteiger partial charge on any atom is 0.341 e. The number of pyridine rings is 1. The highest BCUT2D eigenvalue weighted by molar-refractivity contribution is 9.10. The van der Waals surface area contributed by atoms with Crippen molar-refractivity contribution in [3.63, 3.8) is 0 Å². The Kier molecular flexibility index (Phi) is 3.68. The van der Waals surface area contributed by atoms with E-state index >= 15 is 0 Å². The SMILES string of the molecule is Cc1ccc(Br)cc1Oc1nc2c(cc1C(=O)O)CCC2. The van der Waals surface area contributed by atoms with Gasteiger partial charge in [0.05, 0.1) is 0 Å². The molecule has 1 aromatic heterocycles. The summed E-state index contributed by atoms with van der Waals surface area (Å²) in [6.45, 7) is 1.91. The van der Waals surface area contributed by atoms with Gasteiger partial charge in [0.1, 0.15) is 11.3 Å². The van der Waals surface area contributed by atoms with Crippen molar-refractivity contribution in [2.45, 2.75) is 26.2 Å². The Hall–Kier alpha value is -1.88. The first-order valence-electron chi connectivity index (χ1n) is 6.74. The number of aromatic carboxylic acids is 1. The van der Waals surface area contributed by atoms with Gasteiger partial charge in [-0.1, -0.05) is 22.0 Å². The second-order valence-electron chi connectivity index (χ2n) is 5.12. The van der Waals surface area contributed by atoms with Crippen molar-refractivity contribution in [1.29, 1.82) is 0 Å². The van der Waals surface area contributed by atoms with Crippen LogP contribution in [0, 0.1) is 6.92 Å². The molecule has 1 aliphatic rings. The van der Waals surface area contributed by atoms with Gasteiger partial charge < -0.3 is 9.84 Å². The van der Waals surface area contributed by atoms with E-state index in [2.05, 4.69) is 20.9 Å². The Labute approximate surface area is 130 Å². The van der Waals surface area contributed by atoms with E-state index in [-0.39, 0.29) is 11.4 Å². The van der Waals surface area contributed by atoms with Gasteiger partial charge in [-0.05, 0) is 55.5 Å². The molecule has 0 unspecified atom stereocenters. The van der Waals surface area contributed by atoms with E-state index in [1.807, 2.05) is 25.1 Å². The average molecular weight is 348 g/mol. The largest absolute Gasteiger partial charge is 0.477 e. The Balaban J connectivity index is 2.05. The number of hydrogen-bond donors (Lipinski definition) is 1. The summed E-state index contributed by atoms with van der Waals surface area (Å²) in [5.41, 5.74) is 3.01. The molecule has 4 nitrogen and oxygen atoms in total. The van der Waals surface area contributed by atoms with Gasteiger partial charge >= 0.3 is 5.97 Å². The van der Waals surface area contributed by atoms with Crippen LogP contribution in [-0.2, 0) is 12.8 Å². The van der Waals surface area contributed by atoms with Crippen molar-refractivity contribution in [3.05, 3.63) is 51.1 Å². The normalized spacial score (nSPS) is 13.0. The minimum absolute atomic E-state index is 0.120. The standard InChI is InChI=1S/C16H14BrNO3/c1-9-5-6-11(17)8-14(9)21-15-12(16(19)20)7-10-3-2-4-13(10)18-15/h5-8H,2-4H2,1H3,(H,19,20). The number of carboxylic acid groups (broad SMARTS) is 1. The highest BCUT2D eigenvalue weighted by Crippen LogP contribution is 2.32. The lowest BCUT2D eigenvalue weighted by Crippen LogP contribution is -2.05. The van der Waals surface area contributed by atoms with Crippen molar-refractivity contribution >= 4 is 21.9 Å². The molecule has 1 N–H and O–H groups in total. The predicted octanol–water partition coefficient (Wildman–Crippen LogP) is 4.13. The first-order chi connectivity index (χ1) is 10.0. The Morgan fingerprint density at radius 1 is 1.33 bits per heavy atom. The van der Waals surface area contributed by atoms with Crippen molar-refractivity contribution in [2.75, 3.05) is 0 Å². The van der Waals surface area contributed by atoms with E-state index in [0.717, 1.165) is 40.6 Å². The van der Waals surface area contributed by atoms with E-state index in [1.54, 1.807) is 6.07 Å². The van der Waals surface area contributed by atoms with Gasteiger partial charge in [0.15, 0.2) is 0 Å². The average Bonchev–Trinajstić information content (AvgIpc) is 2.89. The number of nitrogens with zero attached hydrogens (tertiary/aromatic N) is 1. The van der Waals surface area contributed by atoms with Crippen LogP contribution in [0.15, 0.2) is 28.7 Å². The zero-order valence-corrected chi connectivity index (χ0v) is 13.1. The summed E-state index contributed by atoms with van der Waals surface area (Å²) < 4.78 is 6.66. The molecule has 3 rings (SSSR count). The Morgan fingerprint density at radius 2 is 2.14 bits per heavy atom. The van der Waals surface area contributed by atoms with Crippen LogP contribution in [0.5, 0.6) is 11.6 Å². The summed E-state index contributed by atoms with van der Waals surface area (Å²) in [5, 5.41) is 9.37. The fourth-order valence-electron chi connectivity index (χ4n) is 2.47. The van der Waals surface area contributed by atoms with Crippen LogP contribution in [0.4, 0.5) is 0 Å². The number of ether oxygens (including phenoxy) is 1. The highest BCUT2D eigenvalue weighted by atomic mass is 79.9. The first kappa shape index (κ1) is 14.1. The van der Waals surface area contributed by atoms with Gasteiger partial charge in [-0.2, -0.15) is 0 Å². The molecule has 108 valence electrons. The lowest BCUT2D eigenvalue weighted by atomic mass is 10.1. The van der Waals surface area contributed by atoms with Crippen LogP contribution < -0.4 is 4.74 Å². The minimum Gasteiger partial charge on any atom is -0.477 e. The van der Waals surface area contributed by atoms with Gasteiger partial charge in [0.25, 0.3) is 0 Å². The maximum absolute atomic E-state index is 11.4. The van der Waals surface area contributed by atoms with Gasteiger partial charge in [0, 0.05) is 10.2 Å². The number of carbonyl (C=O) groups is 1. The van der Waals surface area contributed by atoms with Gasteiger partial charge in [-0.25, -0.2) is 9.78 Å². The lowest BCUT2D eigenvalue weighted by Gasteiger charge is -2.12. The lowest BCUT2D eigenvalue weighted by molar-refractivity contribution is 0.0693. The zero-order valence-electron chi connectivity index (χ0n) is 11.5. The van der Waals surface area contributed by atoms with Crippen LogP contribution in [0.2, 0.25) is 0 Å². The third kappa shape index (κ3) is 2.78. The zero-order chi connectivity index (χ0) is 15.0. The molecule has 0 aliphatic heterocycles. The summed E-state index contributed by atoms with van der Waals surface area (Å²) in [5.74, 6) is -0.235. The maximum atomic E-state index is 11.4. The fourth-order valence-corrected chi connectivity index (χ4v) is 2.81. The molecule has 0 bridgehead atoms. The molecule has 21 heavy (non-hydrogen) atoms. The van der Waals surface area contributed by atoms with Crippen LogP contribution in [0.3, 0.4) is 0 Å². The molecular formula is C16H14BrNO3. The van der Waals surface area contributed by atoms with Crippen molar-refractivity contribution in [2.24, 2.45) is 0 Å². The molecule has 0 spiro atoms. The van der Waals surface area contributed by atoms with E-state index in [1.165, 1.54) is 0 Å². The van der Waals surface area contributed by atoms with E-state index in [9.17, 15) is 9.90 Å². The highest BCUT2D eigenvalue weighted by Gasteiger charge is 2.21. The molecule has 0 radical (unpaired) electrons. The fraction of sp³-hybridized carbons (Fsp3) is 0.250. The number of aromatic nitrogens is 1. The van der Waals surface area contributed by atoms with E-state index < -0.39 is 5.97 Å². The van der Waals surface area contributed by atoms with E-state index in [0.29, 0.717) is 5.75 Å². The number of halogens is 1. The van der Waals surface area contributed by atoms with Gasteiger partial charge in [-0.3, -0.25) is 0 Å². The molecule has 0 fully saturated rings. The molecule has 0 atom stereocenters. The number of aryl methyl sites for hydroxylation is 3. The van der Waals surface area contributed by atoms with Gasteiger partial charge in [-0.15, -0.1) is 0 Å². The van der Waals surface area contributed by atoms with Gasteiger partial charge in [0.2, 0.25) is 5.88 Å². The summed E-state index contributed by atoms with van der Waals surface area (Å²) >= 11 is 3.39. The van der Waals surface area contributed by atoms with Crippen molar-refractivity contribution in [3.8, 4) is 11.6 Å². The quantitative estimate of drug-likeness (QED) is 0.906. The number of fused-ring (bicyclic) bond motifs is 1. The molecule has 1 aromatic carbocycles. The summed E-state index contributed by atoms with van der Waals surface area (Å²) in [6, 6.07) is 7.33. The first-order valence-corrected chi connectivity index (χ1v) is 7.54. The van der Waals surface area contributed by atoms with Crippen molar-refractivity contribution in [1.82, 2.24) is 4.98 Å². The summed E-state index contributed by atoms with van der Waals surface area (Å²) in [6.07, 6.45) is 2.78. The van der Waals surface area contributed by atoms with E-state index in [4.69, 9.17) is 4.74 Å². The predicted molar refractivity (Wildman–Crippen MR) is 82.2 cm³/mol. The number of rotatable bonds is 3. The van der Waals surface area contributed by atoms with Crippen LogP contribution >= 0.6 is 15.9 Å². The summed E-state index contributed by atoms with van der Waals surface area (Å²) in [7, 11) is 0. The third-order valence-corrected chi connectivity index (χ3v) is 4.10. The van der Waals surface area contributed by atoms with Crippen LogP contribution in [0.25, 0.3) is 0 Å². The molecule has 1 aliphatic carbocycles. The molecule has 0 amide bonds. The molecule has 5 heteroatoms. The number of hydrogen-bond acceptors (Lipinski definition) is 3. The molecule has 0 saturated carbocycles. The summed E-state index contributed by atoms with van der Waals surface area (Å²) in [4.78, 5) is 15.9. The monoisotopic (exact) mass is 347 g/mol. The second kappa shape index (κ2) is 5.48. The van der Waals surface area contributed by atoms with Crippen LogP contribution in [0.1, 0.15) is 33.6 Å². The Bertz CT molecular complexity index is 728. The van der Waals surface area contributed by atoms with Crippen LogP contribution in [-0.4, -0.2) is 16.1 Å². The smallest absolute Gasteiger partial charge is 0.341 e. The Morgan fingerprint density at radius 3 is 2.90 bits per heavy atom. The molecular weight excluding hydrogens is 334 g/mol. The molecule has 2 aromatic rings. The number of benzene rings is 1. The second-order valence-corrected chi connectivity index (χ2v) is 6.03.